The van der Waals surface area contributed by atoms with Crippen LogP contribution >= 0.6 is 11.6 Å². The van der Waals surface area contributed by atoms with Crippen molar-refractivity contribution in [2.24, 2.45) is 11.8 Å². The van der Waals surface area contributed by atoms with Crippen LogP contribution in [-0.4, -0.2) is 5.88 Å². The van der Waals surface area contributed by atoms with Crippen molar-refractivity contribution in [3.05, 3.63) is 35.9 Å². The molecule has 0 radical (unpaired) electrons. The van der Waals surface area contributed by atoms with Crippen LogP contribution in [0.3, 0.4) is 0 Å². The minimum absolute atomic E-state index is 0.673. The lowest BCUT2D eigenvalue weighted by atomic mass is 9.90. The molecule has 0 amide bonds. The van der Waals surface area contributed by atoms with Gasteiger partial charge in [-0.05, 0) is 30.2 Å². The fourth-order valence-corrected chi connectivity index (χ4v) is 3.10. The van der Waals surface area contributed by atoms with Gasteiger partial charge in [0.1, 0.15) is 0 Å². The van der Waals surface area contributed by atoms with E-state index in [0.717, 1.165) is 18.2 Å². The molecule has 1 aromatic rings. The Morgan fingerprint density at radius 3 is 2.44 bits per heavy atom. The minimum atomic E-state index is 0.673. The number of alkyl halides is 1. The maximum absolute atomic E-state index is 6.10. The van der Waals surface area contributed by atoms with Crippen LogP contribution < -0.4 is 0 Å². The van der Waals surface area contributed by atoms with E-state index in [1.54, 1.807) is 0 Å². The quantitative estimate of drug-likeness (QED) is 0.652. The number of hydrogen-bond donors (Lipinski definition) is 0. The average molecular weight is 237 g/mol. The molecule has 1 fully saturated rings. The summed E-state index contributed by atoms with van der Waals surface area (Å²) in [6.45, 7) is 0. The molecule has 1 saturated carbocycles. The highest BCUT2D eigenvalue weighted by Gasteiger charge is 2.19. The van der Waals surface area contributed by atoms with Crippen LogP contribution in [-0.2, 0) is 6.42 Å². The Labute approximate surface area is 104 Å². The van der Waals surface area contributed by atoms with Crippen molar-refractivity contribution in [1.29, 1.82) is 0 Å². The fourth-order valence-electron chi connectivity index (χ4n) is 2.87. The van der Waals surface area contributed by atoms with Gasteiger partial charge in [0.05, 0.1) is 0 Å². The van der Waals surface area contributed by atoms with Crippen LogP contribution in [0.4, 0.5) is 0 Å². The first-order chi connectivity index (χ1) is 7.88. The maximum atomic E-state index is 6.10. The van der Waals surface area contributed by atoms with Crippen LogP contribution in [0.1, 0.15) is 37.7 Å². The zero-order chi connectivity index (χ0) is 11.2. The van der Waals surface area contributed by atoms with Crippen molar-refractivity contribution < 1.29 is 0 Å². The summed E-state index contributed by atoms with van der Waals surface area (Å²) in [5, 5.41) is 0. The second kappa shape index (κ2) is 6.30. The number of rotatable bonds is 5. The molecule has 0 aromatic heterocycles. The summed E-state index contributed by atoms with van der Waals surface area (Å²) >= 11 is 6.10. The summed E-state index contributed by atoms with van der Waals surface area (Å²) < 4.78 is 0. The molecule has 0 aliphatic heterocycles. The van der Waals surface area contributed by atoms with Gasteiger partial charge in [-0.25, -0.2) is 0 Å². The summed E-state index contributed by atoms with van der Waals surface area (Å²) in [6, 6.07) is 10.8. The molecule has 16 heavy (non-hydrogen) atoms. The molecule has 0 spiro atoms. The Morgan fingerprint density at radius 2 is 1.81 bits per heavy atom. The lowest BCUT2D eigenvalue weighted by molar-refractivity contribution is 0.399. The molecule has 1 aromatic carbocycles. The minimum Gasteiger partial charge on any atom is -0.126 e. The van der Waals surface area contributed by atoms with Crippen molar-refractivity contribution in [1.82, 2.24) is 0 Å². The second-order valence-electron chi connectivity index (χ2n) is 5.10. The first kappa shape index (κ1) is 12.0. The van der Waals surface area contributed by atoms with E-state index in [1.165, 1.54) is 37.7 Å². The molecule has 0 heterocycles. The highest BCUT2D eigenvalue weighted by atomic mass is 35.5. The summed E-state index contributed by atoms with van der Waals surface area (Å²) in [6.07, 6.45) is 8.22. The van der Waals surface area contributed by atoms with Crippen LogP contribution in [0.5, 0.6) is 0 Å². The number of halogens is 1. The third kappa shape index (κ3) is 3.52. The molecule has 2 rings (SSSR count). The van der Waals surface area contributed by atoms with Gasteiger partial charge in [0.15, 0.2) is 0 Å². The van der Waals surface area contributed by atoms with Crippen molar-refractivity contribution in [2.45, 2.75) is 38.5 Å². The predicted molar refractivity (Wildman–Crippen MR) is 70.9 cm³/mol. The summed E-state index contributed by atoms with van der Waals surface area (Å²) in [5.41, 5.74) is 1.44. The molecule has 0 N–H and O–H groups in total. The Bertz CT molecular complexity index is 288. The zero-order valence-electron chi connectivity index (χ0n) is 9.87. The van der Waals surface area contributed by atoms with E-state index in [0.29, 0.717) is 5.92 Å². The van der Waals surface area contributed by atoms with Crippen molar-refractivity contribution in [2.75, 3.05) is 5.88 Å². The molecule has 88 valence electrons. The first-order valence-corrected chi connectivity index (χ1v) is 7.02. The molecule has 0 saturated heterocycles. The van der Waals surface area contributed by atoms with Crippen molar-refractivity contribution in [3.63, 3.8) is 0 Å². The predicted octanol–water partition coefficient (Wildman–Crippen LogP) is 4.66. The Balaban J connectivity index is 1.85. The lowest BCUT2D eigenvalue weighted by Crippen LogP contribution is -2.11. The van der Waals surface area contributed by atoms with E-state index in [4.69, 9.17) is 11.6 Å². The SMILES string of the molecule is ClCC(Cc1ccccc1)CC1CCCC1. The van der Waals surface area contributed by atoms with Crippen LogP contribution in [0.2, 0.25) is 0 Å². The summed E-state index contributed by atoms with van der Waals surface area (Å²) in [5.74, 6) is 2.44. The van der Waals surface area contributed by atoms with Gasteiger partial charge in [-0.3, -0.25) is 0 Å². The van der Waals surface area contributed by atoms with Gasteiger partial charge < -0.3 is 0 Å². The van der Waals surface area contributed by atoms with Crippen molar-refractivity contribution >= 4 is 11.6 Å². The highest BCUT2D eigenvalue weighted by Crippen LogP contribution is 2.31. The molecule has 1 unspecified atom stereocenters. The van der Waals surface area contributed by atoms with Gasteiger partial charge in [0.25, 0.3) is 0 Å². The highest BCUT2D eigenvalue weighted by molar-refractivity contribution is 6.18. The Morgan fingerprint density at radius 1 is 1.12 bits per heavy atom. The molecular formula is C15H21Cl. The Hall–Kier alpha value is -0.490. The van der Waals surface area contributed by atoms with Gasteiger partial charge in [0.2, 0.25) is 0 Å². The van der Waals surface area contributed by atoms with E-state index in [2.05, 4.69) is 30.3 Å². The second-order valence-corrected chi connectivity index (χ2v) is 5.40. The number of hydrogen-bond acceptors (Lipinski definition) is 0. The van der Waals surface area contributed by atoms with E-state index >= 15 is 0 Å². The van der Waals surface area contributed by atoms with Crippen LogP contribution in [0.25, 0.3) is 0 Å². The Kier molecular flexibility index (Phi) is 4.71. The summed E-state index contributed by atoms with van der Waals surface area (Å²) in [7, 11) is 0. The first-order valence-electron chi connectivity index (χ1n) is 6.48. The van der Waals surface area contributed by atoms with Crippen LogP contribution in [0.15, 0.2) is 30.3 Å². The van der Waals surface area contributed by atoms with E-state index < -0.39 is 0 Å². The number of benzene rings is 1. The van der Waals surface area contributed by atoms with Crippen molar-refractivity contribution in [3.8, 4) is 0 Å². The van der Waals surface area contributed by atoms with E-state index in [9.17, 15) is 0 Å². The van der Waals surface area contributed by atoms with Gasteiger partial charge in [-0.15, -0.1) is 11.6 Å². The largest absolute Gasteiger partial charge is 0.126 e. The maximum Gasteiger partial charge on any atom is 0.0255 e. The normalized spacial score (nSPS) is 18.8. The van der Waals surface area contributed by atoms with Gasteiger partial charge in [-0.1, -0.05) is 56.0 Å². The molecule has 0 nitrogen and oxygen atoms in total. The standard InChI is InChI=1S/C15H21Cl/c16-12-15(11-14-8-4-5-9-14)10-13-6-2-1-3-7-13/h1-3,6-7,14-15H,4-5,8-12H2. The van der Waals surface area contributed by atoms with Gasteiger partial charge in [-0.2, -0.15) is 0 Å². The third-order valence-corrected chi connectivity index (χ3v) is 4.16. The molecule has 1 aliphatic rings. The smallest absolute Gasteiger partial charge is 0.0255 e. The van der Waals surface area contributed by atoms with E-state index in [1.807, 2.05) is 0 Å². The molecular weight excluding hydrogens is 216 g/mol. The lowest BCUT2D eigenvalue weighted by Gasteiger charge is -2.18. The molecule has 1 aliphatic carbocycles. The zero-order valence-corrected chi connectivity index (χ0v) is 10.6. The summed E-state index contributed by atoms with van der Waals surface area (Å²) in [4.78, 5) is 0. The fraction of sp³-hybridized carbons (Fsp3) is 0.600. The van der Waals surface area contributed by atoms with Gasteiger partial charge >= 0.3 is 0 Å². The monoisotopic (exact) mass is 236 g/mol. The van der Waals surface area contributed by atoms with E-state index in [-0.39, 0.29) is 0 Å². The molecule has 0 bridgehead atoms. The average Bonchev–Trinajstić information content (AvgIpc) is 2.82. The van der Waals surface area contributed by atoms with Gasteiger partial charge in [0, 0.05) is 5.88 Å². The van der Waals surface area contributed by atoms with Crippen LogP contribution in [0, 0.1) is 11.8 Å². The molecule has 1 atom stereocenters. The topological polar surface area (TPSA) is 0 Å². The third-order valence-electron chi connectivity index (χ3n) is 3.73. The molecule has 1 heteroatoms.